The van der Waals surface area contributed by atoms with E-state index in [9.17, 15) is 13.2 Å². The molecular weight excluding hydrogens is 288 g/mol. The lowest BCUT2D eigenvalue weighted by molar-refractivity contribution is 0.0629. The van der Waals surface area contributed by atoms with Gasteiger partial charge in [0.2, 0.25) is 10.0 Å². The number of hydrogen-bond acceptors (Lipinski definition) is 3. The molecule has 1 atom stereocenters. The quantitative estimate of drug-likeness (QED) is 0.929. The number of carbonyl (C=O) groups excluding carboxylic acids is 1. The summed E-state index contributed by atoms with van der Waals surface area (Å²) >= 11 is 0. The average molecular weight is 312 g/mol. The highest BCUT2D eigenvalue weighted by molar-refractivity contribution is 7.92. The standard InChI is InChI=1S/C15H24N2O3S/c1-11(15(2,3)4)17(5)14(18)12-8-7-9-13(10-12)16-21(6,19)20/h7-11,16H,1-6H3. The van der Waals surface area contributed by atoms with Crippen molar-refractivity contribution in [2.45, 2.75) is 33.7 Å². The molecule has 0 spiro atoms. The molecule has 0 saturated heterocycles. The van der Waals surface area contributed by atoms with Crippen LogP contribution in [0.4, 0.5) is 5.69 Å². The number of nitrogens with one attached hydrogen (secondary N) is 1. The Morgan fingerprint density at radius 3 is 2.33 bits per heavy atom. The molecule has 0 radical (unpaired) electrons. The molecule has 6 heteroatoms. The Hall–Kier alpha value is -1.56. The lowest BCUT2D eigenvalue weighted by atomic mass is 9.87. The van der Waals surface area contributed by atoms with Crippen molar-refractivity contribution in [2.24, 2.45) is 5.41 Å². The van der Waals surface area contributed by atoms with Crippen LogP contribution in [0.3, 0.4) is 0 Å². The maximum absolute atomic E-state index is 12.5. The van der Waals surface area contributed by atoms with Gasteiger partial charge >= 0.3 is 0 Å². The van der Waals surface area contributed by atoms with E-state index >= 15 is 0 Å². The summed E-state index contributed by atoms with van der Waals surface area (Å²) in [5.41, 5.74) is 0.815. The molecule has 1 unspecified atom stereocenters. The first-order chi connectivity index (χ1) is 9.42. The van der Waals surface area contributed by atoms with Crippen LogP contribution in [0, 0.1) is 5.41 Å². The van der Waals surface area contributed by atoms with Crippen LogP contribution in [0.2, 0.25) is 0 Å². The van der Waals surface area contributed by atoms with E-state index in [1.165, 1.54) is 0 Å². The van der Waals surface area contributed by atoms with E-state index in [-0.39, 0.29) is 17.4 Å². The van der Waals surface area contributed by atoms with Crippen molar-refractivity contribution in [1.29, 1.82) is 0 Å². The summed E-state index contributed by atoms with van der Waals surface area (Å²) in [7, 11) is -1.60. The van der Waals surface area contributed by atoms with Gasteiger partial charge in [0, 0.05) is 24.3 Å². The zero-order chi connectivity index (χ0) is 16.4. The molecule has 0 saturated carbocycles. The molecule has 0 heterocycles. The fraction of sp³-hybridized carbons (Fsp3) is 0.533. The number of carbonyl (C=O) groups is 1. The number of sulfonamides is 1. The summed E-state index contributed by atoms with van der Waals surface area (Å²) in [5, 5.41) is 0. The molecule has 0 aliphatic carbocycles. The molecule has 0 bridgehead atoms. The van der Waals surface area contributed by atoms with Crippen molar-refractivity contribution in [2.75, 3.05) is 18.0 Å². The minimum Gasteiger partial charge on any atom is -0.338 e. The molecule has 1 rings (SSSR count). The molecule has 21 heavy (non-hydrogen) atoms. The molecule has 0 fully saturated rings. The normalized spacial score (nSPS) is 13.6. The summed E-state index contributed by atoms with van der Waals surface area (Å²) in [6, 6.07) is 6.56. The van der Waals surface area contributed by atoms with Gasteiger partial charge in [0.1, 0.15) is 0 Å². The smallest absolute Gasteiger partial charge is 0.253 e. The molecule has 1 aromatic carbocycles. The average Bonchev–Trinajstić information content (AvgIpc) is 2.33. The van der Waals surface area contributed by atoms with Crippen LogP contribution in [0.15, 0.2) is 24.3 Å². The fourth-order valence-electron chi connectivity index (χ4n) is 1.89. The van der Waals surface area contributed by atoms with Crippen molar-refractivity contribution in [3.8, 4) is 0 Å². The fourth-order valence-corrected chi connectivity index (χ4v) is 2.45. The Bertz CT molecular complexity index is 618. The molecule has 1 N–H and O–H groups in total. The van der Waals surface area contributed by atoms with Crippen LogP contribution < -0.4 is 4.72 Å². The summed E-state index contributed by atoms with van der Waals surface area (Å²) in [4.78, 5) is 14.2. The molecular formula is C15H24N2O3S. The molecule has 118 valence electrons. The van der Waals surface area contributed by atoms with Gasteiger partial charge < -0.3 is 4.90 Å². The molecule has 5 nitrogen and oxygen atoms in total. The number of nitrogens with zero attached hydrogens (tertiary/aromatic N) is 1. The van der Waals surface area contributed by atoms with E-state index in [2.05, 4.69) is 25.5 Å². The van der Waals surface area contributed by atoms with E-state index in [1.807, 2.05) is 6.92 Å². The van der Waals surface area contributed by atoms with Gasteiger partial charge in [-0.15, -0.1) is 0 Å². The number of hydrogen-bond donors (Lipinski definition) is 1. The second-order valence-corrected chi connectivity index (χ2v) is 8.16. The van der Waals surface area contributed by atoms with Crippen molar-refractivity contribution in [1.82, 2.24) is 4.90 Å². The number of rotatable bonds is 4. The van der Waals surface area contributed by atoms with Gasteiger partial charge in [-0.3, -0.25) is 9.52 Å². The third kappa shape index (κ3) is 5.04. The number of benzene rings is 1. The van der Waals surface area contributed by atoms with E-state index in [0.717, 1.165) is 6.26 Å². The summed E-state index contributed by atoms with van der Waals surface area (Å²) in [6.45, 7) is 8.21. The summed E-state index contributed by atoms with van der Waals surface area (Å²) in [5.74, 6) is -0.130. The zero-order valence-corrected chi connectivity index (χ0v) is 14.3. The second kappa shape index (κ2) is 6.05. The van der Waals surface area contributed by atoms with E-state index in [0.29, 0.717) is 11.3 Å². The monoisotopic (exact) mass is 312 g/mol. The zero-order valence-electron chi connectivity index (χ0n) is 13.5. The van der Waals surface area contributed by atoms with Gasteiger partial charge in [-0.05, 0) is 30.5 Å². The minimum atomic E-state index is -3.35. The SMILES string of the molecule is CC(N(C)C(=O)c1cccc(NS(C)(=O)=O)c1)C(C)(C)C. The lowest BCUT2D eigenvalue weighted by Crippen LogP contribution is -2.42. The van der Waals surface area contributed by atoms with Crippen molar-refractivity contribution in [3.63, 3.8) is 0 Å². The van der Waals surface area contributed by atoms with E-state index < -0.39 is 10.0 Å². The Morgan fingerprint density at radius 2 is 1.86 bits per heavy atom. The second-order valence-electron chi connectivity index (χ2n) is 6.41. The Labute approximate surface area is 127 Å². The van der Waals surface area contributed by atoms with Gasteiger partial charge in [0.05, 0.1) is 6.26 Å². The topological polar surface area (TPSA) is 66.5 Å². The molecule has 0 aliphatic rings. The third-order valence-corrected chi connectivity index (χ3v) is 4.17. The molecule has 1 aromatic rings. The summed E-state index contributed by atoms with van der Waals surface area (Å²) < 4.78 is 24.9. The predicted molar refractivity (Wildman–Crippen MR) is 85.9 cm³/mol. The van der Waals surface area contributed by atoms with Gasteiger partial charge in [-0.25, -0.2) is 8.42 Å². The maximum atomic E-state index is 12.5. The van der Waals surface area contributed by atoms with Crippen LogP contribution in [-0.2, 0) is 10.0 Å². The van der Waals surface area contributed by atoms with Gasteiger partial charge in [-0.1, -0.05) is 26.8 Å². The minimum absolute atomic E-state index is 0.0347. The molecule has 0 aliphatic heterocycles. The van der Waals surface area contributed by atoms with Gasteiger partial charge in [0.15, 0.2) is 0 Å². The van der Waals surface area contributed by atoms with Crippen LogP contribution in [-0.4, -0.2) is 38.6 Å². The largest absolute Gasteiger partial charge is 0.338 e. The van der Waals surface area contributed by atoms with Crippen LogP contribution >= 0.6 is 0 Å². The number of amides is 1. The van der Waals surface area contributed by atoms with Crippen molar-refractivity contribution >= 4 is 21.6 Å². The highest BCUT2D eigenvalue weighted by atomic mass is 32.2. The Kier molecular flexibility index (Phi) is 5.04. The first-order valence-electron chi connectivity index (χ1n) is 6.77. The highest BCUT2D eigenvalue weighted by Crippen LogP contribution is 2.24. The third-order valence-electron chi connectivity index (χ3n) is 3.57. The lowest BCUT2D eigenvalue weighted by Gasteiger charge is -2.35. The van der Waals surface area contributed by atoms with Gasteiger partial charge in [-0.2, -0.15) is 0 Å². The maximum Gasteiger partial charge on any atom is 0.253 e. The first kappa shape index (κ1) is 17.5. The Morgan fingerprint density at radius 1 is 1.29 bits per heavy atom. The number of anilines is 1. The Balaban J connectivity index is 3.01. The van der Waals surface area contributed by atoms with Gasteiger partial charge in [0.25, 0.3) is 5.91 Å². The van der Waals surface area contributed by atoms with Crippen molar-refractivity contribution in [3.05, 3.63) is 29.8 Å². The van der Waals surface area contributed by atoms with Crippen LogP contribution in [0.5, 0.6) is 0 Å². The van der Waals surface area contributed by atoms with Crippen LogP contribution in [0.25, 0.3) is 0 Å². The summed E-state index contributed by atoms with van der Waals surface area (Å²) in [6.07, 6.45) is 1.08. The molecule has 1 amide bonds. The highest BCUT2D eigenvalue weighted by Gasteiger charge is 2.27. The first-order valence-corrected chi connectivity index (χ1v) is 8.66. The van der Waals surface area contributed by atoms with E-state index in [1.54, 1.807) is 36.2 Å². The molecule has 0 aromatic heterocycles. The van der Waals surface area contributed by atoms with E-state index in [4.69, 9.17) is 0 Å². The van der Waals surface area contributed by atoms with Crippen LogP contribution in [0.1, 0.15) is 38.1 Å². The van der Waals surface area contributed by atoms with Crippen molar-refractivity contribution < 1.29 is 13.2 Å². The predicted octanol–water partition coefficient (Wildman–Crippen LogP) is 2.56.